The zero-order valence-electron chi connectivity index (χ0n) is 9.07. The van der Waals surface area contributed by atoms with Gasteiger partial charge in [0.25, 0.3) is 12.0 Å². The zero-order valence-corrected chi connectivity index (χ0v) is 10.6. The van der Waals surface area contributed by atoms with E-state index in [-0.39, 0.29) is 17.2 Å². The van der Waals surface area contributed by atoms with Gasteiger partial charge in [-0.05, 0) is 13.0 Å². The normalized spacial score (nSPS) is 19.6. The highest BCUT2D eigenvalue weighted by atomic mass is 35.7. The molecule has 18 heavy (non-hydrogen) atoms. The summed E-state index contributed by atoms with van der Waals surface area (Å²) in [7, 11) is 1.35. The first-order valence-corrected chi connectivity index (χ1v) is 7.21. The minimum atomic E-state index is -3.84. The van der Waals surface area contributed by atoms with Crippen molar-refractivity contribution in [1.29, 1.82) is 0 Å². The highest BCUT2D eigenvalue weighted by molar-refractivity contribution is 8.14. The summed E-state index contributed by atoms with van der Waals surface area (Å²) in [6.07, 6.45) is -1.11. The monoisotopic (exact) mass is 293 g/mol. The maximum atomic E-state index is 11.1. The second kappa shape index (κ2) is 4.29. The van der Waals surface area contributed by atoms with Crippen LogP contribution in [-0.4, -0.2) is 24.9 Å². The SMILES string of the molecule is CC(C1Oc2ccc([N+](=O)[O-])cc2O1)S(=O)(=O)Cl. The van der Waals surface area contributed by atoms with E-state index in [0.717, 1.165) is 0 Å². The molecule has 7 nitrogen and oxygen atoms in total. The molecule has 0 fully saturated rings. The van der Waals surface area contributed by atoms with Gasteiger partial charge in [-0.1, -0.05) is 0 Å². The van der Waals surface area contributed by atoms with Crippen molar-refractivity contribution in [2.24, 2.45) is 0 Å². The molecule has 1 aliphatic rings. The van der Waals surface area contributed by atoms with Gasteiger partial charge >= 0.3 is 0 Å². The van der Waals surface area contributed by atoms with Gasteiger partial charge in [-0.25, -0.2) is 8.42 Å². The Balaban J connectivity index is 2.26. The topological polar surface area (TPSA) is 95.7 Å². The van der Waals surface area contributed by atoms with Crippen LogP contribution in [0.4, 0.5) is 5.69 Å². The molecule has 0 aromatic heterocycles. The van der Waals surface area contributed by atoms with Crippen LogP contribution in [0.5, 0.6) is 11.5 Å². The first-order valence-electron chi connectivity index (χ1n) is 4.84. The van der Waals surface area contributed by atoms with Crippen LogP contribution < -0.4 is 9.47 Å². The molecule has 2 unspecified atom stereocenters. The average Bonchev–Trinajstić information content (AvgIpc) is 2.68. The number of halogens is 1. The molecule has 0 amide bonds. The van der Waals surface area contributed by atoms with E-state index >= 15 is 0 Å². The third-order valence-corrected chi connectivity index (χ3v) is 4.41. The van der Waals surface area contributed by atoms with E-state index in [1.807, 2.05) is 0 Å². The fourth-order valence-corrected chi connectivity index (χ4v) is 2.03. The van der Waals surface area contributed by atoms with Crippen molar-refractivity contribution in [2.75, 3.05) is 0 Å². The second-order valence-electron chi connectivity index (χ2n) is 3.67. The molecule has 0 radical (unpaired) electrons. The molecular formula is C9H8ClNO6S. The van der Waals surface area contributed by atoms with Gasteiger partial charge in [0.05, 0.1) is 11.0 Å². The number of rotatable bonds is 3. The fourth-order valence-electron chi connectivity index (χ4n) is 1.40. The summed E-state index contributed by atoms with van der Waals surface area (Å²) >= 11 is 0. The van der Waals surface area contributed by atoms with Gasteiger partial charge in [0, 0.05) is 16.7 Å². The number of non-ortho nitro benzene ring substituents is 1. The van der Waals surface area contributed by atoms with Crippen molar-refractivity contribution in [1.82, 2.24) is 0 Å². The molecule has 9 heteroatoms. The van der Waals surface area contributed by atoms with E-state index in [2.05, 4.69) is 0 Å². The summed E-state index contributed by atoms with van der Waals surface area (Å²) in [5.74, 6) is 0.374. The lowest BCUT2D eigenvalue weighted by molar-refractivity contribution is -0.384. The molecule has 1 aromatic carbocycles. The maximum absolute atomic E-state index is 11.1. The number of nitro benzene ring substituents is 1. The Morgan fingerprint density at radius 3 is 2.56 bits per heavy atom. The molecular weight excluding hydrogens is 286 g/mol. The van der Waals surface area contributed by atoms with E-state index in [9.17, 15) is 18.5 Å². The molecule has 0 spiro atoms. The van der Waals surface area contributed by atoms with Crippen LogP contribution in [-0.2, 0) is 9.05 Å². The Kier molecular flexibility index (Phi) is 3.07. The molecule has 0 saturated carbocycles. The Hall–Kier alpha value is -1.54. The second-order valence-corrected chi connectivity index (χ2v) is 6.66. The number of benzene rings is 1. The summed E-state index contributed by atoms with van der Waals surface area (Å²) < 4.78 is 32.7. The fraction of sp³-hybridized carbons (Fsp3) is 0.333. The van der Waals surface area contributed by atoms with Gasteiger partial charge in [0.2, 0.25) is 9.05 Å². The molecule has 0 aliphatic carbocycles. The lowest BCUT2D eigenvalue weighted by Gasteiger charge is -2.14. The van der Waals surface area contributed by atoms with Crippen LogP contribution in [0, 0.1) is 10.1 Å². The van der Waals surface area contributed by atoms with Crippen LogP contribution in [0.1, 0.15) is 6.92 Å². The van der Waals surface area contributed by atoms with Gasteiger partial charge in [-0.3, -0.25) is 10.1 Å². The van der Waals surface area contributed by atoms with E-state index < -0.39 is 25.5 Å². The summed E-state index contributed by atoms with van der Waals surface area (Å²) in [5.41, 5.74) is -0.167. The van der Waals surface area contributed by atoms with Crippen LogP contribution in [0.25, 0.3) is 0 Å². The van der Waals surface area contributed by atoms with E-state index in [0.29, 0.717) is 0 Å². The number of hydrogen-bond donors (Lipinski definition) is 0. The molecule has 0 saturated heterocycles. The van der Waals surface area contributed by atoms with Crippen molar-refractivity contribution in [3.8, 4) is 11.5 Å². The van der Waals surface area contributed by atoms with Crippen molar-refractivity contribution in [3.63, 3.8) is 0 Å². The molecule has 0 bridgehead atoms. The summed E-state index contributed by atoms with van der Waals surface area (Å²) in [6.45, 7) is 1.33. The largest absolute Gasteiger partial charge is 0.450 e. The third-order valence-electron chi connectivity index (χ3n) is 2.45. The molecule has 98 valence electrons. The van der Waals surface area contributed by atoms with Crippen molar-refractivity contribution >= 4 is 25.4 Å². The van der Waals surface area contributed by atoms with Gasteiger partial charge in [0.15, 0.2) is 11.5 Å². The number of fused-ring (bicyclic) bond motifs is 1. The van der Waals surface area contributed by atoms with Gasteiger partial charge in [0.1, 0.15) is 5.25 Å². The Labute approximate surface area is 107 Å². The highest BCUT2D eigenvalue weighted by Gasteiger charge is 2.37. The summed E-state index contributed by atoms with van der Waals surface area (Å²) in [6, 6.07) is 3.76. The number of hydrogen-bond acceptors (Lipinski definition) is 6. The van der Waals surface area contributed by atoms with Crippen LogP contribution >= 0.6 is 10.7 Å². The standard InChI is InChI=1S/C9H8ClNO6S/c1-5(18(10,14)15)9-16-7-3-2-6(11(12)13)4-8(7)17-9/h2-5,9H,1H3. The summed E-state index contributed by atoms with van der Waals surface area (Å²) in [4.78, 5) is 9.98. The minimum Gasteiger partial charge on any atom is -0.450 e. The molecule has 1 aromatic rings. The zero-order chi connectivity index (χ0) is 13.5. The Morgan fingerprint density at radius 2 is 2.00 bits per heavy atom. The number of ether oxygens (including phenoxy) is 2. The smallest absolute Gasteiger partial charge is 0.273 e. The molecule has 0 N–H and O–H groups in total. The van der Waals surface area contributed by atoms with E-state index in [1.165, 1.54) is 25.1 Å². The van der Waals surface area contributed by atoms with Gasteiger partial charge < -0.3 is 9.47 Å². The van der Waals surface area contributed by atoms with Crippen LogP contribution in [0.2, 0.25) is 0 Å². The van der Waals surface area contributed by atoms with Gasteiger partial charge in [-0.2, -0.15) is 0 Å². The van der Waals surface area contributed by atoms with Crippen molar-refractivity contribution in [3.05, 3.63) is 28.3 Å². The predicted molar refractivity (Wildman–Crippen MR) is 62.4 cm³/mol. The maximum Gasteiger partial charge on any atom is 0.273 e. The van der Waals surface area contributed by atoms with Crippen molar-refractivity contribution in [2.45, 2.75) is 18.5 Å². The predicted octanol–water partition coefficient (Wildman–Crippen LogP) is 1.65. The van der Waals surface area contributed by atoms with Crippen LogP contribution in [0.15, 0.2) is 18.2 Å². The molecule has 1 aliphatic heterocycles. The first-order chi connectivity index (χ1) is 8.29. The highest BCUT2D eigenvalue weighted by Crippen LogP contribution is 2.39. The van der Waals surface area contributed by atoms with Crippen LogP contribution in [0.3, 0.4) is 0 Å². The summed E-state index contributed by atoms with van der Waals surface area (Å²) in [5, 5.41) is 9.48. The minimum absolute atomic E-state index is 0.126. The van der Waals surface area contributed by atoms with Crippen molar-refractivity contribution < 1.29 is 22.8 Å². The van der Waals surface area contributed by atoms with E-state index in [4.69, 9.17) is 20.2 Å². The number of nitrogens with zero attached hydrogens (tertiary/aromatic N) is 1. The Morgan fingerprint density at radius 1 is 1.39 bits per heavy atom. The first kappa shape index (κ1) is 12.9. The Bertz CT molecular complexity index is 601. The quantitative estimate of drug-likeness (QED) is 0.477. The third kappa shape index (κ3) is 2.34. The molecule has 2 rings (SSSR count). The lowest BCUT2D eigenvalue weighted by Crippen LogP contribution is -2.35. The van der Waals surface area contributed by atoms with E-state index in [1.54, 1.807) is 0 Å². The lowest BCUT2D eigenvalue weighted by atomic mass is 10.3. The average molecular weight is 294 g/mol. The van der Waals surface area contributed by atoms with Gasteiger partial charge in [-0.15, -0.1) is 0 Å². The molecule has 2 atom stereocenters. The molecule has 1 heterocycles. The number of nitro groups is 1.